The van der Waals surface area contributed by atoms with Crippen LogP contribution in [0.5, 0.6) is 0 Å². The van der Waals surface area contributed by atoms with Crippen LogP contribution in [0, 0.1) is 12.8 Å². The highest BCUT2D eigenvalue weighted by atomic mass is 32.2. The summed E-state index contributed by atoms with van der Waals surface area (Å²) in [6, 6.07) is 6.69. The van der Waals surface area contributed by atoms with Crippen molar-refractivity contribution in [1.29, 1.82) is 0 Å². The first-order chi connectivity index (χ1) is 7.49. The van der Waals surface area contributed by atoms with Gasteiger partial charge in [-0.15, -0.1) is 0 Å². The molecule has 1 atom stereocenters. The van der Waals surface area contributed by atoms with Gasteiger partial charge in [0, 0.05) is 5.92 Å². The van der Waals surface area contributed by atoms with Gasteiger partial charge in [-0.25, -0.2) is 8.42 Å². The zero-order valence-electron chi connectivity index (χ0n) is 9.51. The number of aldehydes is 1. The Bertz CT molecular complexity index is 446. The maximum Gasteiger partial charge on any atom is 0.179 e. The number of benzene rings is 1. The van der Waals surface area contributed by atoms with Gasteiger partial charge in [-0.1, -0.05) is 24.6 Å². The lowest BCUT2D eigenvalue weighted by Crippen LogP contribution is -2.16. The fourth-order valence-electron chi connectivity index (χ4n) is 1.38. The molecule has 0 saturated carbocycles. The van der Waals surface area contributed by atoms with Crippen molar-refractivity contribution in [3.05, 3.63) is 29.8 Å². The molecule has 16 heavy (non-hydrogen) atoms. The highest BCUT2D eigenvalue weighted by Crippen LogP contribution is 2.15. The minimum Gasteiger partial charge on any atom is -0.303 e. The van der Waals surface area contributed by atoms with Crippen LogP contribution in [-0.2, 0) is 14.6 Å². The second-order valence-electron chi connectivity index (χ2n) is 3.90. The first-order valence-electron chi connectivity index (χ1n) is 5.24. The van der Waals surface area contributed by atoms with E-state index >= 15 is 0 Å². The van der Waals surface area contributed by atoms with Crippen LogP contribution in [0.15, 0.2) is 29.2 Å². The monoisotopic (exact) mass is 240 g/mol. The lowest BCUT2D eigenvalue weighted by atomic mass is 10.1. The second-order valence-corrected chi connectivity index (χ2v) is 5.93. The number of carbonyl (C=O) groups excluding carboxylic acids is 1. The number of hydrogen-bond donors (Lipinski definition) is 0. The summed E-state index contributed by atoms with van der Waals surface area (Å²) in [5, 5.41) is 0. The van der Waals surface area contributed by atoms with Crippen molar-refractivity contribution in [3.63, 3.8) is 0 Å². The highest BCUT2D eigenvalue weighted by molar-refractivity contribution is 7.91. The summed E-state index contributed by atoms with van der Waals surface area (Å²) in [4.78, 5) is 10.9. The number of aryl methyl sites for hydroxylation is 1. The minimum absolute atomic E-state index is 0.101. The van der Waals surface area contributed by atoms with E-state index in [0.29, 0.717) is 17.6 Å². The van der Waals surface area contributed by atoms with E-state index in [1.807, 2.05) is 13.8 Å². The van der Waals surface area contributed by atoms with Crippen LogP contribution < -0.4 is 0 Å². The van der Waals surface area contributed by atoms with Crippen LogP contribution >= 0.6 is 0 Å². The van der Waals surface area contributed by atoms with Gasteiger partial charge < -0.3 is 4.79 Å². The van der Waals surface area contributed by atoms with Gasteiger partial charge in [-0.3, -0.25) is 0 Å². The highest BCUT2D eigenvalue weighted by Gasteiger charge is 2.19. The van der Waals surface area contributed by atoms with E-state index in [-0.39, 0.29) is 5.75 Å². The predicted molar refractivity (Wildman–Crippen MR) is 63.1 cm³/mol. The summed E-state index contributed by atoms with van der Waals surface area (Å²) in [5.41, 5.74) is 1.02. The summed E-state index contributed by atoms with van der Waals surface area (Å²) in [6.07, 6.45) is 1.26. The van der Waals surface area contributed by atoms with E-state index in [9.17, 15) is 13.2 Å². The fourth-order valence-corrected chi connectivity index (χ4v) is 3.00. The third-order valence-corrected chi connectivity index (χ3v) is 4.39. The summed E-state index contributed by atoms with van der Waals surface area (Å²) in [5.74, 6) is -0.512. The van der Waals surface area contributed by atoms with Crippen molar-refractivity contribution in [2.75, 3.05) is 5.75 Å². The Morgan fingerprint density at radius 3 is 2.25 bits per heavy atom. The van der Waals surface area contributed by atoms with Gasteiger partial charge in [-0.05, 0) is 25.5 Å². The Balaban J connectivity index is 2.94. The van der Waals surface area contributed by atoms with E-state index in [1.54, 1.807) is 24.3 Å². The molecule has 0 aliphatic rings. The normalized spacial score (nSPS) is 13.4. The minimum atomic E-state index is -3.33. The lowest BCUT2D eigenvalue weighted by Gasteiger charge is -2.08. The van der Waals surface area contributed by atoms with Crippen molar-refractivity contribution < 1.29 is 13.2 Å². The average molecular weight is 240 g/mol. The zero-order chi connectivity index (χ0) is 12.2. The molecule has 0 unspecified atom stereocenters. The first kappa shape index (κ1) is 12.9. The van der Waals surface area contributed by atoms with Crippen LogP contribution in [0.2, 0.25) is 0 Å². The molecule has 1 rings (SSSR count). The second kappa shape index (κ2) is 5.25. The SMILES string of the molecule is CC[C@@H](C=O)CS(=O)(=O)c1ccc(C)cc1. The molecule has 0 aromatic heterocycles. The topological polar surface area (TPSA) is 51.2 Å². The Hall–Kier alpha value is -1.16. The van der Waals surface area contributed by atoms with Crippen molar-refractivity contribution >= 4 is 16.1 Å². The molecular weight excluding hydrogens is 224 g/mol. The van der Waals surface area contributed by atoms with Crippen molar-refractivity contribution in [2.45, 2.75) is 25.2 Å². The third kappa shape index (κ3) is 3.17. The van der Waals surface area contributed by atoms with E-state index in [1.165, 1.54) is 0 Å². The van der Waals surface area contributed by atoms with Crippen LogP contribution in [0.4, 0.5) is 0 Å². The maximum atomic E-state index is 11.9. The molecule has 0 amide bonds. The van der Waals surface area contributed by atoms with E-state index < -0.39 is 15.8 Å². The van der Waals surface area contributed by atoms with Crippen molar-refractivity contribution in [1.82, 2.24) is 0 Å². The van der Waals surface area contributed by atoms with Gasteiger partial charge in [0.1, 0.15) is 6.29 Å². The van der Waals surface area contributed by atoms with Crippen molar-refractivity contribution in [3.8, 4) is 0 Å². The van der Waals surface area contributed by atoms with Crippen LogP contribution in [0.1, 0.15) is 18.9 Å². The zero-order valence-corrected chi connectivity index (χ0v) is 10.3. The summed E-state index contributed by atoms with van der Waals surface area (Å²) in [6.45, 7) is 3.71. The molecule has 88 valence electrons. The first-order valence-corrected chi connectivity index (χ1v) is 6.89. The van der Waals surface area contributed by atoms with Gasteiger partial charge in [0.05, 0.1) is 10.6 Å². The van der Waals surface area contributed by atoms with E-state index in [4.69, 9.17) is 0 Å². The van der Waals surface area contributed by atoms with E-state index in [2.05, 4.69) is 0 Å². The molecule has 1 aromatic carbocycles. The van der Waals surface area contributed by atoms with Crippen LogP contribution in [0.25, 0.3) is 0 Å². The smallest absolute Gasteiger partial charge is 0.179 e. The lowest BCUT2D eigenvalue weighted by molar-refractivity contribution is -0.110. The molecule has 3 nitrogen and oxygen atoms in total. The number of hydrogen-bond acceptors (Lipinski definition) is 3. The van der Waals surface area contributed by atoms with Crippen LogP contribution in [0.3, 0.4) is 0 Å². The van der Waals surface area contributed by atoms with Crippen molar-refractivity contribution in [2.24, 2.45) is 5.92 Å². The molecule has 0 heterocycles. The summed E-state index contributed by atoms with van der Waals surface area (Å²) < 4.78 is 23.8. The summed E-state index contributed by atoms with van der Waals surface area (Å²) in [7, 11) is -3.33. The molecule has 0 aliphatic heterocycles. The Labute approximate surface area is 96.4 Å². The molecule has 0 spiro atoms. The molecule has 0 fully saturated rings. The molecule has 0 aliphatic carbocycles. The Kier molecular flexibility index (Phi) is 4.24. The van der Waals surface area contributed by atoms with Gasteiger partial charge in [-0.2, -0.15) is 0 Å². The molecule has 0 bridgehead atoms. The largest absolute Gasteiger partial charge is 0.303 e. The molecule has 0 saturated heterocycles. The predicted octanol–water partition coefficient (Wildman–Crippen LogP) is 1.99. The fraction of sp³-hybridized carbons (Fsp3) is 0.417. The maximum absolute atomic E-state index is 11.9. The number of rotatable bonds is 5. The van der Waals surface area contributed by atoms with Gasteiger partial charge in [0.25, 0.3) is 0 Å². The molecule has 0 N–H and O–H groups in total. The molecular formula is C12H16O3S. The van der Waals surface area contributed by atoms with Gasteiger partial charge >= 0.3 is 0 Å². The van der Waals surface area contributed by atoms with Crippen LogP contribution in [-0.4, -0.2) is 20.5 Å². The van der Waals surface area contributed by atoms with Gasteiger partial charge in [0.15, 0.2) is 9.84 Å². The third-order valence-electron chi connectivity index (χ3n) is 2.53. The van der Waals surface area contributed by atoms with Gasteiger partial charge in [0.2, 0.25) is 0 Å². The van der Waals surface area contributed by atoms with E-state index in [0.717, 1.165) is 5.56 Å². The Morgan fingerprint density at radius 1 is 1.25 bits per heavy atom. The molecule has 0 radical (unpaired) electrons. The average Bonchev–Trinajstić information content (AvgIpc) is 2.26. The molecule has 4 heteroatoms. The summed E-state index contributed by atoms with van der Waals surface area (Å²) >= 11 is 0. The molecule has 1 aromatic rings. The number of carbonyl (C=O) groups is 1. The Morgan fingerprint density at radius 2 is 1.81 bits per heavy atom. The standard InChI is InChI=1S/C12H16O3S/c1-3-11(8-13)9-16(14,15)12-6-4-10(2)5-7-12/h4-8,11H,3,9H2,1-2H3/t11-/m0/s1. The quantitative estimate of drug-likeness (QED) is 0.740. The number of sulfone groups is 1.